The zero-order valence-electron chi connectivity index (χ0n) is 5.74. The van der Waals surface area contributed by atoms with Crippen LogP contribution < -0.4 is 10.4 Å². The van der Waals surface area contributed by atoms with E-state index in [0.717, 1.165) is 10.4 Å². The lowest BCUT2D eigenvalue weighted by Gasteiger charge is -2.01. The van der Waals surface area contributed by atoms with Crippen molar-refractivity contribution in [2.24, 2.45) is 0 Å². The molecule has 54 valence electrons. The summed E-state index contributed by atoms with van der Waals surface area (Å²) < 4.78 is 0. The SMILES string of the molecule is O=C(O)c1cccc2c1=CC=2. The molecule has 0 aliphatic heterocycles. The number of hydrogen-bond acceptors (Lipinski definition) is 1. The highest BCUT2D eigenvalue weighted by Crippen LogP contribution is 1.91. The molecule has 0 unspecified atom stereocenters. The van der Waals surface area contributed by atoms with Crippen LogP contribution in [0.5, 0.6) is 0 Å². The maximum Gasteiger partial charge on any atom is 0.336 e. The third kappa shape index (κ3) is 0.759. The molecule has 2 rings (SSSR count). The Morgan fingerprint density at radius 1 is 1.27 bits per heavy atom. The van der Waals surface area contributed by atoms with Crippen LogP contribution in [0.3, 0.4) is 0 Å². The summed E-state index contributed by atoms with van der Waals surface area (Å²) in [5, 5.41) is 10.6. The monoisotopic (exact) mass is 146 g/mol. The number of carboxylic acid groups (broad SMARTS) is 1. The molecule has 1 N–H and O–H groups in total. The first-order valence-electron chi connectivity index (χ1n) is 3.33. The van der Waals surface area contributed by atoms with Gasteiger partial charge in [-0.3, -0.25) is 0 Å². The maximum atomic E-state index is 10.6. The summed E-state index contributed by atoms with van der Waals surface area (Å²) in [7, 11) is 0. The van der Waals surface area contributed by atoms with Crippen LogP contribution in [0.15, 0.2) is 18.2 Å². The summed E-state index contributed by atoms with van der Waals surface area (Å²) in [4.78, 5) is 10.6. The summed E-state index contributed by atoms with van der Waals surface area (Å²) in [6, 6.07) is 5.28. The van der Waals surface area contributed by atoms with Gasteiger partial charge in [-0.05, 0) is 16.5 Å². The van der Waals surface area contributed by atoms with Crippen LogP contribution in [0, 0.1) is 0 Å². The van der Waals surface area contributed by atoms with E-state index in [1.807, 2.05) is 18.2 Å². The molecule has 1 aliphatic carbocycles. The van der Waals surface area contributed by atoms with Gasteiger partial charge in [0.15, 0.2) is 0 Å². The molecule has 1 aromatic carbocycles. The number of aromatic carboxylic acids is 1. The minimum atomic E-state index is -0.855. The average molecular weight is 146 g/mol. The lowest BCUT2D eigenvalue weighted by Crippen LogP contribution is -2.35. The van der Waals surface area contributed by atoms with Gasteiger partial charge < -0.3 is 5.11 Å². The molecule has 0 spiro atoms. The summed E-state index contributed by atoms with van der Waals surface area (Å²) in [5.74, 6) is -0.855. The van der Waals surface area contributed by atoms with Gasteiger partial charge in [-0.25, -0.2) is 4.79 Å². The van der Waals surface area contributed by atoms with Crippen molar-refractivity contribution in [1.82, 2.24) is 0 Å². The third-order valence-corrected chi connectivity index (χ3v) is 1.80. The molecule has 1 aliphatic rings. The molecule has 0 heterocycles. The first kappa shape index (κ1) is 6.16. The van der Waals surface area contributed by atoms with E-state index >= 15 is 0 Å². The van der Waals surface area contributed by atoms with E-state index in [2.05, 4.69) is 0 Å². The molecule has 2 nitrogen and oxygen atoms in total. The van der Waals surface area contributed by atoms with Crippen molar-refractivity contribution in [3.63, 3.8) is 0 Å². The van der Waals surface area contributed by atoms with E-state index in [9.17, 15) is 4.79 Å². The fourth-order valence-electron chi connectivity index (χ4n) is 1.18. The Labute approximate surface area is 63.1 Å². The molecule has 0 radical (unpaired) electrons. The Morgan fingerprint density at radius 3 is 2.55 bits per heavy atom. The van der Waals surface area contributed by atoms with Crippen molar-refractivity contribution in [3.05, 3.63) is 34.2 Å². The smallest absolute Gasteiger partial charge is 0.336 e. The molecule has 0 saturated carbocycles. The largest absolute Gasteiger partial charge is 0.478 e. The second-order valence-electron chi connectivity index (χ2n) is 2.45. The zero-order valence-corrected chi connectivity index (χ0v) is 5.74. The van der Waals surface area contributed by atoms with Crippen molar-refractivity contribution >= 4 is 18.1 Å². The molecule has 0 fully saturated rings. The highest BCUT2D eigenvalue weighted by Gasteiger charge is 2.06. The number of carbonyl (C=O) groups is 1. The number of hydrogen-bond donors (Lipinski definition) is 1. The van der Waals surface area contributed by atoms with Gasteiger partial charge in [0.05, 0.1) is 5.56 Å². The minimum Gasteiger partial charge on any atom is -0.478 e. The standard InChI is InChI=1S/C9H6O2/c10-9(11)8-3-1-2-6-4-5-7(6)8/h1-5H,(H,10,11). The number of carboxylic acids is 1. The Hall–Kier alpha value is -1.57. The summed E-state index contributed by atoms with van der Waals surface area (Å²) in [6.07, 6.45) is 3.72. The molecule has 0 bridgehead atoms. The van der Waals surface area contributed by atoms with Gasteiger partial charge in [-0.1, -0.05) is 24.3 Å². The summed E-state index contributed by atoms with van der Waals surface area (Å²) in [6.45, 7) is 0. The normalized spacial score (nSPS) is 12.0. The van der Waals surface area contributed by atoms with E-state index in [4.69, 9.17) is 5.11 Å². The topological polar surface area (TPSA) is 37.3 Å². The highest BCUT2D eigenvalue weighted by atomic mass is 16.4. The van der Waals surface area contributed by atoms with E-state index in [1.54, 1.807) is 12.1 Å². The second kappa shape index (κ2) is 1.95. The summed E-state index contributed by atoms with van der Waals surface area (Å²) >= 11 is 0. The van der Waals surface area contributed by atoms with Gasteiger partial charge >= 0.3 is 5.97 Å². The van der Waals surface area contributed by atoms with Crippen molar-refractivity contribution in [3.8, 4) is 0 Å². The lowest BCUT2D eigenvalue weighted by atomic mass is 10.0. The van der Waals surface area contributed by atoms with Crippen LogP contribution in [0.4, 0.5) is 0 Å². The quantitative estimate of drug-likeness (QED) is 0.603. The Bertz CT molecular complexity index is 429. The molecular weight excluding hydrogens is 140 g/mol. The van der Waals surface area contributed by atoms with Crippen LogP contribution in [0.2, 0.25) is 0 Å². The van der Waals surface area contributed by atoms with Crippen LogP contribution in [-0.4, -0.2) is 11.1 Å². The Balaban J connectivity index is 2.79. The fraction of sp³-hybridized carbons (Fsp3) is 0. The molecule has 0 amide bonds. The zero-order chi connectivity index (χ0) is 7.84. The van der Waals surface area contributed by atoms with Gasteiger partial charge in [-0.2, -0.15) is 0 Å². The number of fused-ring (bicyclic) bond motifs is 1. The molecule has 0 atom stereocenters. The Morgan fingerprint density at radius 2 is 2.09 bits per heavy atom. The van der Waals surface area contributed by atoms with Crippen molar-refractivity contribution in [2.75, 3.05) is 0 Å². The van der Waals surface area contributed by atoms with Crippen LogP contribution in [0.1, 0.15) is 10.4 Å². The van der Waals surface area contributed by atoms with Gasteiger partial charge in [0.1, 0.15) is 0 Å². The first-order valence-corrected chi connectivity index (χ1v) is 3.33. The minimum absolute atomic E-state index is 0.394. The summed E-state index contributed by atoms with van der Waals surface area (Å²) in [5.41, 5.74) is 0.394. The van der Waals surface area contributed by atoms with Gasteiger partial charge in [-0.15, -0.1) is 0 Å². The van der Waals surface area contributed by atoms with E-state index in [-0.39, 0.29) is 0 Å². The highest BCUT2D eigenvalue weighted by molar-refractivity contribution is 5.90. The molecule has 2 heteroatoms. The van der Waals surface area contributed by atoms with E-state index in [1.165, 1.54) is 0 Å². The Kier molecular flexibility index (Phi) is 1.09. The first-order chi connectivity index (χ1) is 5.29. The van der Waals surface area contributed by atoms with E-state index < -0.39 is 5.97 Å². The van der Waals surface area contributed by atoms with Crippen molar-refractivity contribution in [1.29, 1.82) is 0 Å². The maximum absolute atomic E-state index is 10.6. The van der Waals surface area contributed by atoms with Gasteiger partial charge in [0.2, 0.25) is 0 Å². The van der Waals surface area contributed by atoms with Crippen molar-refractivity contribution < 1.29 is 9.90 Å². The molecule has 1 aromatic rings. The molecule has 0 aromatic heterocycles. The number of benzene rings is 1. The lowest BCUT2D eigenvalue weighted by molar-refractivity contribution is 0.0695. The van der Waals surface area contributed by atoms with Crippen LogP contribution in [-0.2, 0) is 0 Å². The predicted molar refractivity (Wildman–Crippen MR) is 41.6 cm³/mol. The second-order valence-corrected chi connectivity index (χ2v) is 2.45. The van der Waals surface area contributed by atoms with Crippen molar-refractivity contribution in [2.45, 2.75) is 0 Å². The van der Waals surface area contributed by atoms with E-state index in [0.29, 0.717) is 5.56 Å². The molecule has 0 saturated heterocycles. The van der Waals surface area contributed by atoms with Crippen LogP contribution >= 0.6 is 0 Å². The fourth-order valence-corrected chi connectivity index (χ4v) is 1.18. The number of rotatable bonds is 1. The molecular formula is C9H6O2. The third-order valence-electron chi connectivity index (χ3n) is 1.80. The van der Waals surface area contributed by atoms with Gasteiger partial charge in [0.25, 0.3) is 0 Å². The van der Waals surface area contributed by atoms with Crippen LogP contribution in [0.25, 0.3) is 12.2 Å². The predicted octanol–water partition coefficient (Wildman–Crippen LogP) is -0.0406. The average Bonchev–Trinajstić information content (AvgIpc) is 1.90. The molecule has 11 heavy (non-hydrogen) atoms. The van der Waals surface area contributed by atoms with Gasteiger partial charge in [0, 0.05) is 0 Å².